The van der Waals surface area contributed by atoms with E-state index in [2.05, 4.69) is 25.5 Å². The summed E-state index contributed by atoms with van der Waals surface area (Å²) in [6, 6.07) is 3.28. The first-order chi connectivity index (χ1) is 9.06. The molecule has 102 valence electrons. The van der Waals surface area contributed by atoms with Gasteiger partial charge in [0.2, 0.25) is 0 Å². The largest absolute Gasteiger partial charge is 0.326 e. The van der Waals surface area contributed by atoms with Crippen molar-refractivity contribution in [1.82, 2.24) is 9.55 Å². The van der Waals surface area contributed by atoms with Gasteiger partial charge in [-0.25, -0.2) is 9.37 Å². The smallest absolute Gasteiger partial charge is 0.139 e. The third-order valence-corrected chi connectivity index (χ3v) is 4.64. The van der Waals surface area contributed by atoms with Gasteiger partial charge in [-0.15, -0.1) is 11.6 Å². The maximum Gasteiger partial charge on any atom is 0.139 e. The average Bonchev–Trinajstić information content (AvgIpc) is 2.63. The zero-order valence-electron chi connectivity index (χ0n) is 10.7. The second-order valence-electron chi connectivity index (χ2n) is 5.25. The monoisotopic (exact) mass is 344 g/mol. The SMILES string of the molecule is CC(Cl)c1nc2cc(Br)c(F)cc2n1CC1CCC1. The van der Waals surface area contributed by atoms with Crippen molar-refractivity contribution in [1.29, 1.82) is 0 Å². The standard InChI is InChI=1S/C14H15BrClFN2/c1-8(16)14-18-12-5-10(15)11(17)6-13(12)19(14)7-9-3-2-4-9/h5-6,8-9H,2-4,7H2,1H3. The van der Waals surface area contributed by atoms with Crippen LogP contribution in [0.15, 0.2) is 16.6 Å². The Bertz CT molecular complexity index is 619. The van der Waals surface area contributed by atoms with E-state index in [4.69, 9.17) is 11.6 Å². The molecule has 1 aliphatic carbocycles. The van der Waals surface area contributed by atoms with Gasteiger partial charge in [-0.1, -0.05) is 6.42 Å². The van der Waals surface area contributed by atoms with E-state index in [1.54, 1.807) is 12.1 Å². The highest BCUT2D eigenvalue weighted by Gasteiger charge is 2.23. The summed E-state index contributed by atoms with van der Waals surface area (Å²) in [5, 5.41) is -0.172. The van der Waals surface area contributed by atoms with Crippen molar-refractivity contribution in [3.63, 3.8) is 0 Å². The van der Waals surface area contributed by atoms with E-state index in [0.717, 1.165) is 23.4 Å². The summed E-state index contributed by atoms with van der Waals surface area (Å²) in [6.45, 7) is 2.80. The van der Waals surface area contributed by atoms with Crippen molar-refractivity contribution in [2.24, 2.45) is 5.92 Å². The van der Waals surface area contributed by atoms with Crippen LogP contribution in [0.2, 0.25) is 0 Å². The van der Waals surface area contributed by atoms with Gasteiger partial charge in [0.15, 0.2) is 0 Å². The van der Waals surface area contributed by atoms with Crippen molar-refractivity contribution >= 4 is 38.6 Å². The number of halogens is 3. The number of rotatable bonds is 3. The number of imidazole rings is 1. The molecule has 1 unspecified atom stereocenters. The zero-order chi connectivity index (χ0) is 13.6. The molecule has 0 spiro atoms. The normalized spacial score (nSPS) is 17.7. The van der Waals surface area contributed by atoms with Crippen LogP contribution >= 0.6 is 27.5 Å². The lowest BCUT2D eigenvalue weighted by Gasteiger charge is -2.27. The molecule has 1 saturated carbocycles. The number of hydrogen-bond acceptors (Lipinski definition) is 1. The molecule has 1 atom stereocenters. The second-order valence-corrected chi connectivity index (χ2v) is 6.76. The van der Waals surface area contributed by atoms with Gasteiger partial charge in [0, 0.05) is 12.6 Å². The van der Waals surface area contributed by atoms with Gasteiger partial charge in [0.1, 0.15) is 11.6 Å². The lowest BCUT2D eigenvalue weighted by molar-refractivity contribution is 0.276. The van der Waals surface area contributed by atoms with E-state index in [0.29, 0.717) is 10.4 Å². The van der Waals surface area contributed by atoms with Crippen molar-refractivity contribution in [3.8, 4) is 0 Å². The topological polar surface area (TPSA) is 17.8 Å². The quantitative estimate of drug-likeness (QED) is 0.713. The number of nitrogens with zero attached hydrogens (tertiary/aromatic N) is 2. The summed E-state index contributed by atoms with van der Waals surface area (Å²) >= 11 is 9.42. The molecule has 0 amide bonds. The van der Waals surface area contributed by atoms with Crippen molar-refractivity contribution < 1.29 is 4.39 Å². The molecule has 5 heteroatoms. The predicted molar refractivity (Wildman–Crippen MR) is 79.0 cm³/mol. The second kappa shape index (κ2) is 5.06. The third kappa shape index (κ3) is 2.40. The van der Waals surface area contributed by atoms with E-state index in [1.807, 2.05) is 6.92 Å². The van der Waals surface area contributed by atoms with E-state index in [-0.39, 0.29) is 11.2 Å². The summed E-state index contributed by atoms with van der Waals surface area (Å²) in [5.74, 6) is 1.26. The molecule has 0 aliphatic heterocycles. The molecule has 0 N–H and O–H groups in total. The number of benzene rings is 1. The van der Waals surface area contributed by atoms with Crippen molar-refractivity contribution in [2.75, 3.05) is 0 Å². The molecule has 1 fully saturated rings. The summed E-state index contributed by atoms with van der Waals surface area (Å²) in [7, 11) is 0. The van der Waals surface area contributed by atoms with Gasteiger partial charge < -0.3 is 4.57 Å². The summed E-state index contributed by atoms with van der Waals surface area (Å²) < 4.78 is 16.3. The highest BCUT2D eigenvalue weighted by Crippen LogP contribution is 2.33. The van der Waals surface area contributed by atoms with Crippen LogP contribution in [0, 0.1) is 11.7 Å². The minimum Gasteiger partial charge on any atom is -0.326 e. The Balaban J connectivity index is 2.13. The van der Waals surface area contributed by atoms with Crippen LogP contribution in [-0.4, -0.2) is 9.55 Å². The fourth-order valence-corrected chi connectivity index (χ4v) is 3.07. The average molecular weight is 346 g/mol. The Morgan fingerprint density at radius 2 is 2.26 bits per heavy atom. The molecule has 1 aromatic heterocycles. The van der Waals surface area contributed by atoms with E-state index < -0.39 is 0 Å². The van der Waals surface area contributed by atoms with Gasteiger partial charge in [-0.05, 0) is 47.7 Å². The first-order valence-corrected chi connectivity index (χ1v) is 7.78. The van der Waals surface area contributed by atoms with Crippen LogP contribution in [0.1, 0.15) is 37.4 Å². The molecular weight excluding hydrogens is 331 g/mol. The van der Waals surface area contributed by atoms with E-state index in [9.17, 15) is 4.39 Å². The molecule has 19 heavy (non-hydrogen) atoms. The molecule has 3 rings (SSSR count). The maximum atomic E-state index is 13.8. The number of aromatic nitrogens is 2. The molecular formula is C14H15BrClFN2. The summed E-state index contributed by atoms with van der Waals surface area (Å²) in [4.78, 5) is 4.56. The fraction of sp³-hybridized carbons (Fsp3) is 0.500. The number of fused-ring (bicyclic) bond motifs is 1. The Labute approximate surface area is 125 Å². The molecule has 0 saturated heterocycles. The van der Waals surface area contributed by atoms with Crippen LogP contribution < -0.4 is 0 Å². The molecule has 2 aromatic rings. The van der Waals surface area contributed by atoms with Crippen LogP contribution in [0.4, 0.5) is 4.39 Å². The first-order valence-electron chi connectivity index (χ1n) is 6.55. The summed E-state index contributed by atoms with van der Waals surface area (Å²) in [5.41, 5.74) is 1.64. The highest BCUT2D eigenvalue weighted by atomic mass is 79.9. The van der Waals surface area contributed by atoms with Crippen LogP contribution in [0.5, 0.6) is 0 Å². The Morgan fingerprint density at radius 3 is 2.84 bits per heavy atom. The molecule has 1 heterocycles. The molecule has 0 radical (unpaired) electrons. The minimum atomic E-state index is -0.254. The number of hydrogen-bond donors (Lipinski definition) is 0. The number of alkyl halides is 1. The van der Waals surface area contributed by atoms with E-state index >= 15 is 0 Å². The third-order valence-electron chi connectivity index (χ3n) is 3.84. The predicted octanol–water partition coefficient (Wildman–Crippen LogP) is 5.04. The Kier molecular flexibility index (Phi) is 3.56. The van der Waals surface area contributed by atoms with Crippen molar-refractivity contribution in [2.45, 2.75) is 38.1 Å². The lowest BCUT2D eigenvalue weighted by atomic mass is 9.85. The van der Waals surface area contributed by atoms with Gasteiger partial charge in [0.25, 0.3) is 0 Å². The van der Waals surface area contributed by atoms with Gasteiger partial charge in [-0.2, -0.15) is 0 Å². The summed E-state index contributed by atoms with van der Waals surface area (Å²) in [6.07, 6.45) is 3.78. The highest BCUT2D eigenvalue weighted by molar-refractivity contribution is 9.10. The minimum absolute atomic E-state index is 0.172. The van der Waals surface area contributed by atoms with Crippen LogP contribution in [0.25, 0.3) is 11.0 Å². The van der Waals surface area contributed by atoms with Gasteiger partial charge in [-0.3, -0.25) is 0 Å². The zero-order valence-corrected chi connectivity index (χ0v) is 13.0. The Hall–Kier alpha value is -0.610. The molecule has 2 nitrogen and oxygen atoms in total. The van der Waals surface area contributed by atoms with Crippen molar-refractivity contribution in [3.05, 3.63) is 28.2 Å². The first kappa shape index (κ1) is 13.4. The lowest BCUT2D eigenvalue weighted by Crippen LogP contribution is -2.19. The maximum absolute atomic E-state index is 13.8. The molecule has 1 aliphatic rings. The van der Waals surface area contributed by atoms with Gasteiger partial charge in [0.05, 0.1) is 20.9 Å². The van der Waals surface area contributed by atoms with Crippen LogP contribution in [0.3, 0.4) is 0 Å². The van der Waals surface area contributed by atoms with Crippen LogP contribution in [-0.2, 0) is 6.54 Å². The van der Waals surface area contributed by atoms with Gasteiger partial charge >= 0.3 is 0 Å². The fourth-order valence-electron chi connectivity index (χ4n) is 2.57. The molecule has 1 aromatic carbocycles. The Morgan fingerprint density at radius 1 is 1.53 bits per heavy atom. The van der Waals surface area contributed by atoms with E-state index in [1.165, 1.54) is 19.3 Å². The molecule has 0 bridgehead atoms.